The molecule has 0 unspecified atom stereocenters. The van der Waals surface area contributed by atoms with Crippen LogP contribution in [0.25, 0.3) is 11.1 Å². The number of anilines is 1. The average Bonchev–Trinajstić information content (AvgIpc) is 2.67. The maximum atomic E-state index is 14.4. The van der Waals surface area contributed by atoms with Gasteiger partial charge in [0.15, 0.2) is 6.61 Å². The van der Waals surface area contributed by atoms with E-state index < -0.39 is 24.8 Å². The summed E-state index contributed by atoms with van der Waals surface area (Å²) in [6, 6.07) is 5.23. The Bertz CT molecular complexity index is 990. The van der Waals surface area contributed by atoms with Gasteiger partial charge in [-0.25, -0.2) is 28.1 Å². The van der Waals surface area contributed by atoms with E-state index in [2.05, 4.69) is 20.3 Å². The van der Waals surface area contributed by atoms with E-state index in [0.29, 0.717) is 0 Å². The number of alkyl halides is 2. The summed E-state index contributed by atoms with van der Waals surface area (Å²) in [5.41, 5.74) is 0.500. The number of pyridine rings is 1. The molecular formula is C18H12ClF3N4O2. The van der Waals surface area contributed by atoms with Crippen molar-refractivity contribution in [3.05, 3.63) is 65.6 Å². The molecule has 0 fully saturated rings. The molecule has 3 rings (SSSR count). The molecule has 1 amide bonds. The monoisotopic (exact) mass is 408 g/mol. The Morgan fingerprint density at radius 2 is 1.89 bits per heavy atom. The SMILES string of the molecule is O=C(Nc1cnc(OCC(F)F)c(-c2ccc(Cl)cc2F)c1)c1cncnc1. The van der Waals surface area contributed by atoms with E-state index in [0.717, 1.165) is 6.07 Å². The Kier molecular flexibility index (Phi) is 6.05. The number of aromatic nitrogens is 3. The van der Waals surface area contributed by atoms with E-state index in [1.165, 1.54) is 43.1 Å². The van der Waals surface area contributed by atoms with Gasteiger partial charge in [-0.05, 0) is 24.3 Å². The zero-order valence-electron chi connectivity index (χ0n) is 14.1. The second-order valence-electron chi connectivity index (χ2n) is 5.48. The Hall–Kier alpha value is -3.20. The lowest BCUT2D eigenvalue weighted by molar-refractivity contribution is 0.0799. The Morgan fingerprint density at radius 3 is 2.57 bits per heavy atom. The van der Waals surface area contributed by atoms with E-state index in [4.69, 9.17) is 16.3 Å². The predicted octanol–water partition coefficient (Wildman–Crippen LogP) is 4.23. The molecule has 0 radical (unpaired) electrons. The first-order valence-electron chi connectivity index (χ1n) is 7.87. The summed E-state index contributed by atoms with van der Waals surface area (Å²) in [6.45, 7) is -0.914. The van der Waals surface area contributed by atoms with Gasteiger partial charge in [-0.3, -0.25) is 4.79 Å². The molecule has 0 saturated carbocycles. The minimum absolute atomic E-state index is 0.0281. The van der Waals surface area contributed by atoms with Crippen LogP contribution < -0.4 is 10.1 Å². The fourth-order valence-electron chi connectivity index (χ4n) is 2.30. The molecule has 2 aromatic heterocycles. The first kappa shape index (κ1) is 19.6. The molecule has 0 aliphatic heterocycles. The van der Waals surface area contributed by atoms with Gasteiger partial charge in [-0.15, -0.1) is 0 Å². The maximum absolute atomic E-state index is 14.4. The summed E-state index contributed by atoms with van der Waals surface area (Å²) in [6.07, 6.45) is 2.38. The van der Waals surface area contributed by atoms with Crippen LogP contribution in [0, 0.1) is 5.82 Å². The van der Waals surface area contributed by atoms with Gasteiger partial charge in [-0.1, -0.05) is 11.6 Å². The molecule has 0 aliphatic rings. The summed E-state index contributed by atoms with van der Waals surface area (Å²) in [5, 5.41) is 2.72. The molecule has 0 bridgehead atoms. The lowest BCUT2D eigenvalue weighted by Gasteiger charge is -2.13. The van der Waals surface area contributed by atoms with E-state index in [1.54, 1.807) is 0 Å². The number of ether oxygens (including phenoxy) is 1. The molecule has 28 heavy (non-hydrogen) atoms. The number of carbonyl (C=O) groups excluding carboxylic acids is 1. The highest BCUT2D eigenvalue weighted by Crippen LogP contribution is 2.34. The molecule has 3 aromatic rings. The van der Waals surface area contributed by atoms with Gasteiger partial charge in [-0.2, -0.15) is 0 Å². The van der Waals surface area contributed by atoms with Crippen LogP contribution in [0.3, 0.4) is 0 Å². The van der Waals surface area contributed by atoms with Crippen LogP contribution in [0.15, 0.2) is 49.2 Å². The van der Waals surface area contributed by atoms with Crippen molar-refractivity contribution in [1.82, 2.24) is 15.0 Å². The summed E-state index contributed by atoms with van der Waals surface area (Å²) >= 11 is 5.76. The minimum Gasteiger partial charge on any atom is -0.471 e. The zero-order chi connectivity index (χ0) is 20.1. The molecule has 2 heterocycles. The standard InChI is InChI=1S/C18H12ClF3N4O2/c19-11-1-2-13(15(20)3-11)14-4-12(7-25-18(14)28-8-16(21)22)26-17(27)10-5-23-9-24-6-10/h1-7,9,16H,8H2,(H,26,27). The number of hydrogen-bond donors (Lipinski definition) is 1. The lowest BCUT2D eigenvalue weighted by atomic mass is 10.1. The van der Waals surface area contributed by atoms with Crippen molar-refractivity contribution in [3.8, 4) is 17.0 Å². The topological polar surface area (TPSA) is 77.0 Å². The smallest absolute Gasteiger partial charge is 0.272 e. The van der Waals surface area contributed by atoms with Crippen molar-refractivity contribution >= 4 is 23.2 Å². The van der Waals surface area contributed by atoms with Crippen LogP contribution in [0.1, 0.15) is 10.4 Å². The van der Waals surface area contributed by atoms with Crippen molar-refractivity contribution < 1.29 is 22.7 Å². The largest absolute Gasteiger partial charge is 0.471 e. The third-order valence-corrected chi connectivity index (χ3v) is 3.73. The van der Waals surface area contributed by atoms with Gasteiger partial charge in [0.2, 0.25) is 5.88 Å². The van der Waals surface area contributed by atoms with Crippen LogP contribution in [-0.4, -0.2) is 33.9 Å². The maximum Gasteiger partial charge on any atom is 0.272 e. The zero-order valence-corrected chi connectivity index (χ0v) is 14.8. The highest BCUT2D eigenvalue weighted by atomic mass is 35.5. The number of halogens is 4. The summed E-state index contributed by atoms with van der Waals surface area (Å²) in [7, 11) is 0. The molecule has 1 N–H and O–H groups in total. The van der Waals surface area contributed by atoms with Crippen molar-refractivity contribution in [2.45, 2.75) is 6.43 Å². The second-order valence-corrected chi connectivity index (χ2v) is 5.92. The van der Waals surface area contributed by atoms with Crippen molar-refractivity contribution in [3.63, 3.8) is 0 Å². The first-order chi connectivity index (χ1) is 13.4. The van der Waals surface area contributed by atoms with Gasteiger partial charge >= 0.3 is 0 Å². The normalized spacial score (nSPS) is 10.8. The summed E-state index contributed by atoms with van der Waals surface area (Å²) < 4.78 is 44.4. The molecule has 1 aromatic carbocycles. The minimum atomic E-state index is -2.73. The van der Waals surface area contributed by atoms with Gasteiger partial charge in [0.05, 0.1) is 17.4 Å². The molecule has 0 saturated heterocycles. The number of hydrogen-bond acceptors (Lipinski definition) is 5. The molecule has 0 aliphatic carbocycles. The van der Waals surface area contributed by atoms with E-state index >= 15 is 0 Å². The van der Waals surface area contributed by atoms with Crippen LogP contribution >= 0.6 is 11.6 Å². The Labute approximate surface area is 162 Å². The molecule has 144 valence electrons. The van der Waals surface area contributed by atoms with Crippen molar-refractivity contribution in [1.29, 1.82) is 0 Å². The highest BCUT2D eigenvalue weighted by Gasteiger charge is 2.17. The van der Waals surface area contributed by atoms with Gasteiger partial charge in [0.1, 0.15) is 12.1 Å². The van der Waals surface area contributed by atoms with Gasteiger partial charge in [0.25, 0.3) is 12.3 Å². The third kappa shape index (κ3) is 4.74. The fourth-order valence-corrected chi connectivity index (χ4v) is 2.46. The van der Waals surface area contributed by atoms with Crippen LogP contribution in [-0.2, 0) is 0 Å². The summed E-state index contributed by atoms with van der Waals surface area (Å²) in [5.74, 6) is -1.43. The molecule has 6 nitrogen and oxygen atoms in total. The third-order valence-electron chi connectivity index (χ3n) is 3.50. The van der Waals surface area contributed by atoms with Crippen molar-refractivity contribution in [2.24, 2.45) is 0 Å². The van der Waals surface area contributed by atoms with Crippen LogP contribution in [0.5, 0.6) is 5.88 Å². The number of nitrogens with one attached hydrogen (secondary N) is 1. The summed E-state index contributed by atoms with van der Waals surface area (Å²) in [4.78, 5) is 23.7. The number of benzene rings is 1. The molecule has 0 atom stereocenters. The Balaban J connectivity index is 1.96. The average molecular weight is 409 g/mol. The number of amides is 1. The van der Waals surface area contributed by atoms with Gasteiger partial charge in [0, 0.05) is 28.5 Å². The van der Waals surface area contributed by atoms with E-state index in [-0.39, 0.29) is 33.3 Å². The Morgan fingerprint density at radius 1 is 1.14 bits per heavy atom. The molecule has 0 spiro atoms. The molecule has 10 heteroatoms. The van der Waals surface area contributed by atoms with Crippen LogP contribution in [0.2, 0.25) is 5.02 Å². The molecular weight excluding hydrogens is 397 g/mol. The quantitative estimate of drug-likeness (QED) is 0.660. The number of carbonyl (C=O) groups is 1. The van der Waals surface area contributed by atoms with E-state index in [9.17, 15) is 18.0 Å². The van der Waals surface area contributed by atoms with Crippen molar-refractivity contribution in [2.75, 3.05) is 11.9 Å². The van der Waals surface area contributed by atoms with Crippen LogP contribution in [0.4, 0.5) is 18.9 Å². The fraction of sp³-hybridized carbons (Fsp3) is 0.111. The number of rotatable bonds is 6. The first-order valence-corrected chi connectivity index (χ1v) is 8.24. The van der Waals surface area contributed by atoms with E-state index in [1.807, 2.05) is 0 Å². The lowest BCUT2D eigenvalue weighted by Crippen LogP contribution is -2.13. The predicted molar refractivity (Wildman–Crippen MR) is 96.1 cm³/mol. The van der Waals surface area contributed by atoms with Gasteiger partial charge < -0.3 is 10.1 Å². The second kappa shape index (κ2) is 8.66. The number of nitrogens with zero attached hydrogens (tertiary/aromatic N) is 3. The highest BCUT2D eigenvalue weighted by molar-refractivity contribution is 6.30.